The molecule has 1 aliphatic heterocycles. The van der Waals surface area contributed by atoms with Crippen molar-refractivity contribution < 1.29 is 4.79 Å². The lowest BCUT2D eigenvalue weighted by Crippen LogP contribution is -2.37. The van der Waals surface area contributed by atoms with Crippen molar-refractivity contribution in [2.45, 2.75) is 37.9 Å². The van der Waals surface area contributed by atoms with Gasteiger partial charge in [-0.2, -0.15) is 0 Å². The first-order chi connectivity index (χ1) is 12.1. The number of aromatic nitrogens is 2. The highest BCUT2D eigenvalue weighted by Crippen LogP contribution is 2.30. The number of hydrogen-bond donors (Lipinski definition) is 1. The Morgan fingerprint density at radius 2 is 2.04 bits per heavy atom. The first-order valence-electron chi connectivity index (χ1n) is 8.16. The number of fused-ring (bicyclic) bond motifs is 1. The predicted molar refractivity (Wildman–Crippen MR) is 107 cm³/mol. The van der Waals surface area contributed by atoms with E-state index in [0.717, 1.165) is 5.69 Å². The molecule has 1 aromatic carbocycles. The second-order valence-corrected chi connectivity index (χ2v) is 9.07. The number of amides is 1. The summed E-state index contributed by atoms with van der Waals surface area (Å²) in [6, 6.07) is 6.46. The van der Waals surface area contributed by atoms with Crippen LogP contribution in [0.3, 0.4) is 0 Å². The van der Waals surface area contributed by atoms with Gasteiger partial charge in [0.1, 0.15) is 0 Å². The van der Waals surface area contributed by atoms with E-state index in [-0.39, 0.29) is 22.8 Å². The number of carbonyl (C=O) groups is 1. The molecule has 1 unspecified atom stereocenters. The third-order valence-electron chi connectivity index (χ3n) is 4.12. The van der Waals surface area contributed by atoms with E-state index in [9.17, 15) is 9.59 Å². The molecule has 1 N–H and O–H groups in total. The van der Waals surface area contributed by atoms with E-state index in [4.69, 9.17) is 23.2 Å². The Morgan fingerprint density at radius 3 is 2.69 bits per heavy atom. The second kappa shape index (κ2) is 7.25. The molecule has 0 bridgehead atoms. The maximum Gasteiger partial charge on any atom is 0.254 e. The number of nitrogens with one attached hydrogen (secondary N) is 1. The summed E-state index contributed by atoms with van der Waals surface area (Å²) < 4.78 is 1.57. The molecule has 1 amide bonds. The van der Waals surface area contributed by atoms with E-state index >= 15 is 0 Å². The van der Waals surface area contributed by atoms with Gasteiger partial charge in [-0.25, -0.2) is 4.98 Å². The van der Waals surface area contributed by atoms with E-state index in [1.807, 2.05) is 20.8 Å². The van der Waals surface area contributed by atoms with Gasteiger partial charge in [0.05, 0.1) is 22.3 Å². The lowest BCUT2D eigenvalue weighted by molar-refractivity contribution is -0.119. The molecule has 3 rings (SSSR count). The van der Waals surface area contributed by atoms with E-state index in [0.29, 0.717) is 33.2 Å². The molecule has 1 aliphatic rings. The number of benzene rings is 1. The number of hydrogen-bond acceptors (Lipinski definition) is 4. The third kappa shape index (κ3) is 4.08. The largest absolute Gasteiger partial charge is 0.324 e. The molecule has 2 aromatic rings. The van der Waals surface area contributed by atoms with E-state index in [1.54, 1.807) is 28.8 Å². The molecule has 5 nitrogen and oxygen atoms in total. The van der Waals surface area contributed by atoms with Gasteiger partial charge in [0, 0.05) is 28.8 Å². The number of anilines is 1. The Kier molecular flexibility index (Phi) is 5.37. The number of thioether (sulfide) groups is 1. The summed E-state index contributed by atoms with van der Waals surface area (Å²) in [4.78, 5) is 29.7. The summed E-state index contributed by atoms with van der Waals surface area (Å²) in [7, 11) is 0. The highest BCUT2D eigenvalue weighted by Gasteiger charge is 2.29. The molecular formula is C18H19Cl2N3O2S. The van der Waals surface area contributed by atoms with Crippen molar-refractivity contribution in [1.82, 2.24) is 9.55 Å². The van der Waals surface area contributed by atoms with Crippen LogP contribution in [0.5, 0.6) is 0 Å². The van der Waals surface area contributed by atoms with Gasteiger partial charge < -0.3 is 5.32 Å². The lowest BCUT2D eigenvalue weighted by Gasteiger charge is -2.26. The maximum atomic E-state index is 12.6. The van der Waals surface area contributed by atoms with Crippen LogP contribution in [0.15, 0.2) is 34.2 Å². The Labute approximate surface area is 166 Å². The van der Waals surface area contributed by atoms with Gasteiger partial charge >= 0.3 is 0 Å². The molecule has 1 atom stereocenters. The fraction of sp³-hybridized carbons (Fsp3) is 0.389. The molecular weight excluding hydrogens is 393 g/mol. The standard InChI is InChI=1S/C18H19Cl2N3O2S/c1-18(2,3)14-7-15(24)23-8-10(9-26-17(23)22-14)16(25)21-13-5-4-11(19)6-12(13)20/h4-7,10H,8-9H2,1-3H3,(H,21,25). The van der Waals surface area contributed by atoms with Gasteiger partial charge in [0.25, 0.3) is 5.56 Å². The van der Waals surface area contributed by atoms with Crippen LogP contribution in [0.1, 0.15) is 26.5 Å². The first kappa shape index (κ1) is 19.3. The van der Waals surface area contributed by atoms with Crippen molar-refractivity contribution in [3.63, 3.8) is 0 Å². The highest BCUT2D eigenvalue weighted by molar-refractivity contribution is 7.99. The number of carbonyl (C=O) groups excluding carboxylic acids is 1. The lowest BCUT2D eigenvalue weighted by atomic mass is 9.92. The van der Waals surface area contributed by atoms with Crippen molar-refractivity contribution in [2.75, 3.05) is 11.1 Å². The van der Waals surface area contributed by atoms with Crippen LogP contribution >= 0.6 is 35.0 Å². The molecule has 0 saturated carbocycles. The van der Waals surface area contributed by atoms with Crippen LogP contribution in [-0.4, -0.2) is 21.2 Å². The van der Waals surface area contributed by atoms with Crippen molar-refractivity contribution in [1.29, 1.82) is 0 Å². The minimum atomic E-state index is -0.348. The molecule has 0 spiro atoms. The number of rotatable bonds is 2. The van der Waals surface area contributed by atoms with Crippen molar-refractivity contribution >= 4 is 46.6 Å². The van der Waals surface area contributed by atoms with Gasteiger partial charge in [-0.1, -0.05) is 55.7 Å². The van der Waals surface area contributed by atoms with Crippen LogP contribution in [0.25, 0.3) is 0 Å². The normalized spacial score (nSPS) is 16.9. The summed E-state index contributed by atoms with van der Waals surface area (Å²) in [6.07, 6.45) is 0. The average Bonchev–Trinajstić information content (AvgIpc) is 2.56. The zero-order valence-corrected chi connectivity index (χ0v) is 17.0. The fourth-order valence-corrected chi connectivity index (χ4v) is 4.13. The Balaban J connectivity index is 1.80. The highest BCUT2D eigenvalue weighted by atomic mass is 35.5. The van der Waals surface area contributed by atoms with Crippen LogP contribution in [0.2, 0.25) is 10.0 Å². The molecule has 1 aromatic heterocycles. The number of nitrogens with zero attached hydrogens (tertiary/aromatic N) is 2. The van der Waals surface area contributed by atoms with Crippen molar-refractivity contribution in [3.05, 3.63) is 50.4 Å². The van der Waals surface area contributed by atoms with Crippen LogP contribution in [-0.2, 0) is 16.8 Å². The summed E-state index contributed by atoms with van der Waals surface area (Å²) in [5.74, 6) is 0.0234. The number of halogens is 2. The molecule has 26 heavy (non-hydrogen) atoms. The average molecular weight is 412 g/mol. The van der Waals surface area contributed by atoms with Crippen LogP contribution < -0.4 is 10.9 Å². The minimum Gasteiger partial charge on any atom is -0.324 e. The third-order valence-corrected chi connectivity index (χ3v) is 5.80. The fourth-order valence-electron chi connectivity index (χ4n) is 2.58. The molecule has 0 aliphatic carbocycles. The molecule has 138 valence electrons. The summed E-state index contributed by atoms with van der Waals surface area (Å²) in [5, 5.41) is 4.36. The molecule has 0 saturated heterocycles. The second-order valence-electron chi connectivity index (χ2n) is 7.24. The van der Waals surface area contributed by atoms with Gasteiger partial charge in [0.15, 0.2) is 5.16 Å². The summed E-state index contributed by atoms with van der Waals surface area (Å²) in [6.45, 7) is 6.36. The quantitative estimate of drug-likeness (QED) is 0.751. The van der Waals surface area contributed by atoms with Gasteiger partial charge in [-0.15, -0.1) is 0 Å². The molecule has 0 fully saturated rings. The Hall–Kier alpha value is -1.50. The van der Waals surface area contributed by atoms with Gasteiger partial charge in [-0.05, 0) is 18.2 Å². The van der Waals surface area contributed by atoms with Crippen LogP contribution in [0.4, 0.5) is 5.69 Å². The van der Waals surface area contributed by atoms with E-state index in [1.165, 1.54) is 11.8 Å². The smallest absolute Gasteiger partial charge is 0.254 e. The van der Waals surface area contributed by atoms with Gasteiger partial charge in [-0.3, -0.25) is 14.2 Å². The van der Waals surface area contributed by atoms with E-state index < -0.39 is 0 Å². The first-order valence-corrected chi connectivity index (χ1v) is 9.90. The molecule has 2 heterocycles. The Bertz CT molecular complexity index is 922. The summed E-state index contributed by atoms with van der Waals surface area (Å²) in [5.41, 5.74) is 0.937. The van der Waals surface area contributed by atoms with Crippen molar-refractivity contribution in [2.24, 2.45) is 5.92 Å². The monoisotopic (exact) mass is 411 g/mol. The van der Waals surface area contributed by atoms with Crippen molar-refractivity contribution in [3.8, 4) is 0 Å². The maximum absolute atomic E-state index is 12.6. The van der Waals surface area contributed by atoms with Crippen LogP contribution in [0, 0.1) is 5.92 Å². The Morgan fingerprint density at radius 1 is 1.31 bits per heavy atom. The van der Waals surface area contributed by atoms with Gasteiger partial charge in [0.2, 0.25) is 5.91 Å². The molecule has 8 heteroatoms. The summed E-state index contributed by atoms with van der Waals surface area (Å²) >= 11 is 13.4. The molecule has 0 radical (unpaired) electrons. The topological polar surface area (TPSA) is 64.0 Å². The minimum absolute atomic E-state index is 0.130. The SMILES string of the molecule is CC(C)(C)c1cc(=O)n2c(n1)SCC(C(=O)Nc1ccc(Cl)cc1Cl)C2. The zero-order chi connectivity index (χ0) is 19.1. The predicted octanol–water partition coefficient (Wildman–Crippen LogP) is 4.21. The van der Waals surface area contributed by atoms with E-state index in [2.05, 4.69) is 10.3 Å². The zero-order valence-electron chi connectivity index (χ0n) is 14.7.